The Labute approximate surface area is 180 Å². The molecule has 0 N–H and O–H groups in total. The lowest BCUT2D eigenvalue weighted by Gasteiger charge is -2.47. The number of hydrogen-bond acceptors (Lipinski definition) is 6. The molecule has 3 atom stereocenters. The van der Waals surface area contributed by atoms with E-state index in [2.05, 4.69) is 37.8 Å². The van der Waals surface area contributed by atoms with Crippen LogP contribution in [0.25, 0.3) is 0 Å². The predicted octanol–water partition coefficient (Wildman–Crippen LogP) is 4.99. The zero-order chi connectivity index (χ0) is 21.7. The van der Waals surface area contributed by atoms with Crippen molar-refractivity contribution in [1.82, 2.24) is 4.90 Å². The third kappa shape index (κ3) is 5.20. The lowest BCUT2D eigenvalue weighted by atomic mass is 9.79. The summed E-state index contributed by atoms with van der Waals surface area (Å²) in [5.74, 6) is 2.39. The normalized spacial score (nSPS) is 23.5. The van der Waals surface area contributed by atoms with Crippen molar-refractivity contribution in [3.8, 4) is 11.5 Å². The van der Waals surface area contributed by atoms with Gasteiger partial charge in [-0.15, -0.1) is 0 Å². The molecule has 168 valence electrons. The van der Waals surface area contributed by atoms with Crippen LogP contribution in [0.15, 0.2) is 12.1 Å². The maximum absolute atomic E-state index is 12.3. The van der Waals surface area contributed by atoms with Crippen LogP contribution in [0, 0.1) is 11.8 Å². The minimum atomic E-state index is -0.529. The number of hydrogen-bond donors (Lipinski definition) is 0. The Kier molecular flexibility index (Phi) is 7.87. The molecule has 1 fully saturated rings. The topological polar surface area (TPSA) is 57.2 Å². The molecule has 0 aliphatic carbocycles. The van der Waals surface area contributed by atoms with E-state index in [4.69, 9.17) is 18.9 Å². The first kappa shape index (κ1) is 22.7. The van der Waals surface area contributed by atoms with Crippen LogP contribution >= 0.6 is 0 Å². The Hall–Kier alpha value is -1.95. The van der Waals surface area contributed by atoms with E-state index < -0.39 is 6.16 Å². The summed E-state index contributed by atoms with van der Waals surface area (Å²) in [4.78, 5) is 14.9. The molecule has 0 unspecified atom stereocenters. The number of ether oxygens (including phenoxy) is 4. The van der Waals surface area contributed by atoms with Crippen molar-refractivity contribution in [1.29, 1.82) is 0 Å². The number of nitrogens with zero attached hydrogens (tertiary/aromatic N) is 1. The SMILES string of the molecule is CCCCOC(=O)O[C@@H]1C[C@@H]2c3cc(OC)c(OC)cc3CCN2C[C@H]1CC(C)C. The standard InChI is InChI=1S/C24H37NO5/c1-6-7-10-29-24(26)30-21-14-20-19-13-23(28-5)22(27-4)12-17(19)8-9-25(20)15-18(21)11-16(2)3/h12-13,16,18,20-21H,6-11,14-15H2,1-5H3/t18-,20-,21-/m1/s1. The zero-order valence-electron chi connectivity index (χ0n) is 19.1. The molecule has 3 rings (SSSR count). The van der Waals surface area contributed by atoms with Gasteiger partial charge in [-0.05, 0) is 48.4 Å². The number of methoxy groups -OCH3 is 2. The first-order chi connectivity index (χ1) is 14.5. The summed E-state index contributed by atoms with van der Waals surface area (Å²) in [7, 11) is 3.34. The number of benzene rings is 1. The molecule has 2 heterocycles. The van der Waals surface area contributed by atoms with Crippen molar-refractivity contribution in [2.24, 2.45) is 11.8 Å². The molecule has 1 saturated heterocycles. The molecule has 2 aliphatic heterocycles. The molecule has 1 aromatic carbocycles. The fourth-order valence-electron chi connectivity index (χ4n) is 4.84. The van der Waals surface area contributed by atoms with Crippen LogP contribution < -0.4 is 9.47 Å². The van der Waals surface area contributed by atoms with E-state index in [1.807, 2.05) is 0 Å². The Morgan fingerprint density at radius 3 is 2.60 bits per heavy atom. The van der Waals surface area contributed by atoms with Crippen LogP contribution in [0.5, 0.6) is 11.5 Å². The highest BCUT2D eigenvalue weighted by atomic mass is 16.7. The monoisotopic (exact) mass is 419 g/mol. The van der Waals surface area contributed by atoms with Crippen molar-refractivity contribution in [2.75, 3.05) is 33.9 Å². The van der Waals surface area contributed by atoms with E-state index in [0.29, 0.717) is 18.4 Å². The van der Waals surface area contributed by atoms with Gasteiger partial charge in [-0.1, -0.05) is 27.2 Å². The minimum absolute atomic E-state index is 0.137. The molecular weight excluding hydrogens is 382 g/mol. The summed E-state index contributed by atoms with van der Waals surface area (Å²) in [5, 5.41) is 0. The Morgan fingerprint density at radius 1 is 1.20 bits per heavy atom. The van der Waals surface area contributed by atoms with E-state index >= 15 is 0 Å². The van der Waals surface area contributed by atoms with Gasteiger partial charge in [0.05, 0.1) is 20.8 Å². The van der Waals surface area contributed by atoms with Gasteiger partial charge in [0.15, 0.2) is 11.5 Å². The second-order valence-electron chi connectivity index (χ2n) is 8.90. The second-order valence-corrected chi connectivity index (χ2v) is 8.90. The molecule has 0 radical (unpaired) electrons. The minimum Gasteiger partial charge on any atom is -0.493 e. The zero-order valence-corrected chi connectivity index (χ0v) is 19.1. The fourth-order valence-corrected chi connectivity index (χ4v) is 4.84. The van der Waals surface area contributed by atoms with Crippen molar-refractivity contribution in [2.45, 2.75) is 65.0 Å². The van der Waals surface area contributed by atoms with E-state index in [0.717, 1.165) is 56.7 Å². The largest absolute Gasteiger partial charge is 0.508 e. The highest BCUT2D eigenvalue weighted by Gasteiger charge is 2.41. The third-order valence-corrected chi connectivity index (χ3v) is 6.30. The van der Waals surface area contributed by atoms with Gasteiger partial charge in [-0.25, -0.2) is 4.79 Å². The number of carbonyl (C=O) groups is 1. The van der Waals surface area contributed by atoms with E-state index in [-0.39, 0.29) is 12.1 Å². The van der Waals surface area contributed by atoms with Gasteiger partial charge in [0.25, 0.3) is 0 Å². The summed E-state index contributed by atoms with van der Waals surface area (Å²) in [5.41, 5.74) is 2.55. The van der Waals surface area contributed by atoms with Crippen LogP contribution in [-0.2, 0) is 15.9 Å². The van der Waals surface area contributed by atoms with Crippen molar-refractivity contribution < 1.29 is 23.7 Å². The average molecular weight is 420 g/mol. The summed E-state index contributed by atoms with van der Waals surface area (Å²) in [6, 6.07) is 4.41. The summed E-state index contributed by atoms with van der Waals surface area (Å²) < 4.78 is 22.2. The fraction of sp³-hybridized carbons (Fsp3) is 0.708. The highest BCUT2D eigenvalue weighted by Crippen LogP contribution is 2.44. The van der Waals surface area contributed by atoms with Crippen LogP contribution in [-0.4, -0.2) is 51.1 Å². The van der Waals surface area contributed by atoms with Crippen molar-refractivity contribution in [3.05, 3.63) is 23.3 Å². The van der Waals surface area contributed by atoms with Crippen LogP contribution in [0.2, 0.25) is 0 Å². The average Bonchev–Trinajstić information content (AvgIpc) is 2.72. The molecule has 0 spiro atoms. The lowest BCUT2D eigenvalue weighted by molar-refractivity contribution is -0.0540. The Bertz CT molecular complexity index is 720. The smallest absolute Gasteiger partial charge is 0.493 e. The number of piperidine rings is 1. The third-order valence-electron chi connectivity index (χ3n) is 6.30. The highest BCUT2D eigenvalue weighted by molar-refractivity contribution is 5.60. The van der Waals surface area contributed by atoms with Gasteiger partial charge >= 0.3 is 6.16 Å². The quantitative estimate of drug-likeness (QED) is 0.437. The predicted molar refractivity (Wildman–Crippen MR) is 116 cm³/mol. The number of unbranched alkanes of at least 4 members (excludes halogenated alkanes) is 1. The number of fused-ring (bicyclic) bond motifs is 3. The van der Waals surface area contributed by atoms with Gasteiger partial charge in [0, 0.05) is 31.5 Å². The maximum Gasteiger partial charge on any atom is 0.508 e. The van der Waals surface area contributed by atoms with Crippen LogP contribution in [0.1, 0.15) is 63.6 Å². The molecule has 0 aromatic heterocycles. The summed E-state index contributed by atoms with van der Waals surface area (Å²) in [6.45, 7) is 8.90. The molecule has 6 nitrogen and oxygen atoms in total. The lowest BCUT2D eigenvalue weighted by Crippen LogP contribution is -2.49. The second kappa shape index (κ2) is 10.4. The van der Waals surface area contributed by atoms with Crippen molar-refractivity contribution in [3.63, 3.8) is 0 Å². The molecule has 0 amide bonds. The molecule has 1 aromatic rings. The molecule has 6 heteroatoms. The number of carbonyl (C=O) groups excluding carboxylic acids is 1. The van der Waals surface area contributed by atoms with Gasteiger partial charge in [-0.2, -0.15) is 0 Å². The van der Waals surface area contributed by atoms with Gasteiger partial charge in [-0.3, -0.25) is 4.90 Å². The van der Waals surface area contributed by atoms with Gasteiger partial charge < -0.3 is 18.9 Å². The molecule has 30 heavy (non-hydrogen) atoms. The maximum atomic E-state index is 12.3. The summed E-state index contributed by atoms with van der Waals surface area (Å²) in [6.07, 6.45) is 4.00. The van der Waals surface area contributed by atoms with Crippen molar-refractivity contribution >= 4 is 6.16 Å². The molecule has 0 saturated carbocycles. The van der Waals surface area contributed by atoms with Gasteiger partial charge in [0.2, 0.25) is 0 Å². The van der Waals surface area contributed by atoms with Crippen LogP contribution in [0.3, 0.4) is 0 Å². The first-order valence-corrected chi connectivity index (χ1v) is 11.3. The first-order valence-electron chi connectivity index (χ1n) is 11.3. The molecule has 0 bridgehead atoms. The van der Waals surface area contributed by atoms with Gasteiger partial charge in [0.1, 0.15) is 6.10 Å². The van der Waals surface area contributed by atoms with E-state index in [1.54, 1.807) is 14.2 Å². The van der Waals surface area contributed by atoms with E-state index in [1.165, 1.54) is 11.1 Å². The molecule has 2 aliphatic rings. The molecular formula is C24H37NO5. The Morgan fingerprint density at radius 2 is 1.93 bits per heavy atom. The van der Waals surface area contributed by atoms with Crippen LogP contribution in [0.4, 0.5) is 4.79 Å². The van der Waals surface area contributed by atoms with E-state index in [9.17, 15) is 4.79 Å². The number of rotatable bonds is 8. The summed E-state index contributed by atoms with van der Waals surface area (Å²) >= 11 is 0. The Balaban J connectivity index is 1.81.